The summed E-state index contributed by atoms with van der Waals surface area (Å²) in [5, 5.41) is 10.2. The van der Waals surface area contributed by atoms with Crippen LogP contribution in [0.3, 0.4) is 0 Å². The van der Waals surface area contributed by atoms with E-state index in [1.165, 1.54) is 5.56 Å². The summed E-state index contributed by atoms with van der Waals surface area (Å²) < 4.78 is 6.46. The SMILES string of the molecule is C=CC(C)(C)N1CC[C@]23CC(=O)C[C@@H](C)[C@@]2(OC)[C@H]1Cc1ccc(O)cc13. The van der Waals surface area contributed by atoms with Crippen LogP contribution in [0.1, 0.15) is 51.2 Å². The lowest BCUT2D eigenvalue weighted by atomic mass is 9.46. The first kappa shape index (κ1) is 18.7. The van der Waals surface area contributed by atoms with E-state index in [9.17, 15) is 9.90 Å². The van der Waals surface area contributed by atoms with Crippen molar-refractivity contribution in [2.75, 3.05) is 13.7 Å². The van der Waals surface area contributed by atoms with Crippen LogP contribution in [0.15, 0.2) is 30.9 Å². The number of benzene rings is 1. The maximum atomic E-state index is 12.8. The second-order valence-corrected chi connectivity index (χ2v) is 9.26. The van der Waals surface area contributed by atoms with E-state index in [2.05, 4.69) is 32.3 Å². The Bertz CT molecular complexity index is 801. The summed E-state index contributed by atoms with van der Waals surface area (Å²) in [5.74, 6) is 0.695. The molecule has 1 aliphatic heterocycles. The quantitative estimate of drug-likeness (QED) is 0.827. The highest BCUT2D eigenvalue weighted by Crippen LogP contribution is 2.61. The van der Waals surface area contributed by atoms with Crippen molar-refractivity contribution in [1.29, 1.82) is 0 Å². The number of carbonyl (C=O) groups is 1. The van der Waals surface area contributed by atoms with E-state index in [1.54, 1.807) is 6.07 Å². The topological polar surface area (TPSA) is 49.8 Å². The Kier molecular flexibility index (Phi) is 4.10. The third kappa shape index (κ3) is 2.26. The predicted molar refractivity (Wildman–Crippen MR) is 106 cm³/mol. The van der Waals surface area contributed by atoms with E-state index in [0.717, 1.165) is 24.9 Å². The summed E-state index contributed by atoms with van der Waals surface area (Å²) in [5.41, 5.74) is 1.38. The molecule has 2 aliphatic carbocycles. The number of rotatable bonds is 3. The lowest BCUT2D eigenvalue weighted by Crippen LogP contribution is -2.78. The summed E-state index contributed by atoms with van der Waals surface area (Å²) in [4.78, 5) is 15.3. The van der Waals surface area contributed by atoms with E-state index in [1.807, 2.05) is 25.3 Å². The Balaban J connectivity index is 2.00. The molecule has 1 aromatic rings. The molecule has 4 atom stereocenters. The average molecular weight is 370 g/mol. The molecule has 1 heterocycles. The standard InChI is InChI=1S/C23H31NO3/c1-6-21(3,4)24-10-9-22-14-18(26)11-15(2)23(22,27-5)20(24)12-16-7-8-17(25)13-19(16)22/h6-8,13,15,20,25H,1,9-12,14H2,2-5H3/t15-,20-,22-,23-/m1/s1. The van der Waals surface area contributed by atoms with Crippen molar-refractivity contribution in [3.05, 3.63) is 42.0 Å². The number of fused-ring (bicyclic) bond motifs is 1. The second kappa shape index (κ2) is 5.92. The van der Waals surface area contributed by atoms with Crippen molar-refractivity contribution in [1.82, 2.24) is 4.90 Å². The van der Waals surface area contributed by atoms with Gasteiger partial charge in [-0.3, -0.25) is 9.69 Å². The molecular weight excluding hydrogens is 338 g/mol. The predicted octanol–water partition coefficient (Wildman–Crippen LogP) is 3.61. The molecule has 1 N–H and O–H groups in total. The number of ketones is 1. The number of carbonyl (C=O) groups excluding carboxylic acids is 1. The lowest BCUT2D eigenvalue weighted by Gasteiger charge is -2.68. The highest BCUT2D eigenvalue weighted by molar-refractivity contribution is 5.83. The molecule has 0 radical (unpaired) electrons. The Morgan fingerprint density at radius 1 is 1.37 bits per heavy atom. The van der Waals surface area contributed by atoms with Gasteiger partial charge in [0.1, 0.15) is 11.5 Å². The fraction of sp³-hybridized carbons (Fsp3) is 0.609. The van der Waals surface area contributed by atoms with Gasteiger partial charge >= 0.3 is 0 Å². The van der Waals surface area contributed by atoms with Crippen molar-refractivity contribution in [3.63, 3.8) is 0 Å². The molecule has 3 aliphatic rings. The number of hydrogen-bond donors (Lipinski definition) is 1. The van der Waals surface area contributed by atoms with Crippen LogP contribution in [0.5, 0.6) is 5.75 Å². The molecule has 1 saturated heterocycles. The fourth-order valence-corrected chi connectivity index (χ4v) is 6.58. The molecule has 27 heavy (non-hydrogen) atoms. The van der Waals surface area contributed by atoms with Gasteiger partial charge in [0, 0.05) is 43.5 Å². The smallest absolute Gasteiger partial charge is 0.134 e. The summed E-state index contributed by atoms with van der Waals surface area (Å²) >= 11 is 0. The second-order valence-electron chi connectivity index (χ2n) is 9.26. The molecule has 0 amide bonds. The Labute approximate surface area is 162 Å². The zero-order chi connectivity index (χ0) is 19.6. The van der Waals surface area contributed by atoms with Gasteiger partial charge in [-0.05, 0) is 55.9 Å². The Morgan fingerprint density at radius 3 is 2.78 bits per heavy atom. The van der Waals surface area contributed by atoms with Crippen molar-refractivity contribution in [3.8, 4) is 5.75 Å². The van der Waals surface area contributed by atoms with Crippen LogP contribution in [0.2, 0.25) is 0 Å². The van der Waals surface area contributed by atoms with E-state index >= 15 is 0 Å². The summed E-state index contributed by atoms with van der Waals surface area (Å²) in [6.45, 7) is 11.6. The van der Waals surface area contributed by atoms with Crippen molar-refractivity contribution >= 4 is 5.78 Å². The number of Topliss-reactive ketones (excluding diaryl/α,β-unsaturated/α-hetero) is 1. The van der Waals surface area contributed by atoms with Gasteiger partial charge in [-0.15, -0.1) is 6.58 Å². The zero-order valence-electron chi connectivity index (χ0n) is 16.9. The van der Waals surface area contributed by atoms with Gasteiger partial charge in [-0.25, -0.2) is 0 Å². The van der Waals surface area contributed by atoms with Crippen LogP contribution >= 0.6 is 0 Å². The van der Waals surface area contributed by atoms with Gasteiger partial charge in [0.2, 0.25) is 0 Å². The van der Waals surface area contributed by atoms with E-state index < -0.39 is 5.60 Å². The first-order valence-electron chi connectivity index (χ1n) is 10.0. The van der Waals surface area contributed by atoms with Crippen molar-refractivity contribution in [2.24, 2.45) is 5.92 Å². The molecule has 4 rings (SSSR count). The molecular formula is C23H31NO3. The highest BCUT2D eigenvalue weighted by Gasteiger charge is 2.69. The number of ether oxygens (including phenoxy) is 1. The maximum absolute atomic E-state index is 12.8. The van der Waals surface area contributed by atoms with Crippen LogP contribution < -0.4 is 0 Å². The molecule has 4 heteroatoms. The number of nitrogens with zero attached hydrogens (tertiary/aromatic N) is 1. The van der Waals surface area contributed by atoms with E-state index in [-0.39, 0.29) is 28.7 Å². The minimum Gasteiger partial charge on any atom is -0.508 e. The maximum Gasteiger partial charge on any atom is 0.134 e. The monoisotopic (exact) mass is 369 g/mol. The number of phenols is 1. The Morgan fingerprint density at radius 2 is 2.11 bits per heavy atom. The first-order chi connectivity index (χ1) is 12.7. The third-order valence-electron chi connectivity index (χ3n) is 7.76. The van der Waals surface area contributed by atoms with Crippen LogP contribution in [-0.2, 0) is 21.4 Å². The third-order valence-corrected chi connectivity index (χ3v) is 7.76. The van der Waals surface area contributed by atoms with Gasteiger partial charge in [0.25, 0.3) is 0 Å². The summed E-state index contributed by atoms with van der Waals surface area (Å²) in [6, 6.07) is 5.86. The van der Waals surface area contributed by atoms with Crippen molar-refractivity contribution < 1.29 is 14.6 Å². The van der Waals surface area contributed by atoms with Crippen molar-refractivity contribution in [2.45, 2.75) is 69.1 Å². The van der Waals surface area contributed by atoms with E-state index in [0.29, 0.717) is 18.6 Å². The number of hydrogen-bond acceptors (Lipinski definition) is 4. The van der Waals surface area contributed by atoms with Crippen LogP contribution in [-0.4, -0.2) is 46.6 Å². The molecule has 0 unspecified atom stereocenters. The summed E-state index contributed by atoms with van der Waals surface area (Å²) in [6.07, 6.45) is 4.79. The number of piperidine rings is 1. The minimum atomic E-state index is -0.444. The largest absolute Gasteiger partial charge is 0.508 e. The molecule has 146 valence electrons. The highest BCUT2D eigenvalue weighted by atomic mass is 16.5. The van der Waals surface area contributed by atoms with Crippen LogP contribution in [0, 0.1) is 5.92 Å². The van der Waals surface area contributed by atoms with Gasteiger partial charge in [0.05, 0.1) is 5.60 Å². The lowest BCUT2D eigenvalue weighted by molar-refractivity contribution is -0.218. The number of aromatic hydroxyl groups is 1. The van der Waals surface area contributed by atoms with Gasteiger partial charge in [-0.2, -0.15) is 0 Å². The van der Waals surface area contributed by atoms with Gasteiger partial charge in [0.15, 0.2) is 0 Å². The first-order valence-corrected chi connectivity index (χ1v) is 10.0. The number of likely N-dealkylation sites (tertiary alicyclic amines) is 1. The van der Waals surface area contributed by atoms with Gasteiger partial charge < -0.3 is 9.84 Å². The molecule has 2 fully saturated rings. The molecule has 1 saturated carbocycles. The molecule has 0 aromatic heterocycles. The number of phenolic OH excluding ortho intramolecular Hbond substituents is 1. The normalized spacial score (nSPS) is 36.1. The van der Waals surface area contributed by atoms with Gasteiger partial charge in [-0.1, -0.05) is 19.1 Å². The molecule has 2 bridgehead atoms. The molecule has 4 nitrogen and oxygen atoms in total. The van der Waals surface area contributed by atoms with Crippen LogP contribution in [0.25, 0.3) is 0 Å². The van der Waals surface area contributed by atoms with E-state index in [4.69, 9.17) is 4.74 Å². The Hall–Kier alpha value is -1.65. The fourth-order valence-electron chi connectivity index (χ4n) is 6.58. The number of methoxy groups -OCH3 is 1. The molecule has 1 aromatic carbocycles. The molecule has 0 spiro atoms. The van der Waals surface area contributed by atoms with Crippen LogP contribution in [0.4, 0.5) is 0 Å². The summed E-state index contributed by atoms with van der Waals surface area (Å²) in [7, 11) is 1.81. The minimum absolute atomic E-state index is 0.118. The zero-order valence-corrected chi connectivity index (χ0v) is 16.9. The average Bonchev–Trinajstić information content (AvgIpc) is 2.61.